The predicted octanol–water partition coefficient (Wildman–Crippen LogP) is 6.27. The molecule has 6 heteroatoms. The van der Waals surface area contributed by atoms with Gasteiger partial charge in [0.1, 0.15) is 0 Å². The van der Waals surface area contributed by atoms with Crippen LogP contribution < -0.4 is 3.58 Å². The van der Waals surface area contributed by atoms with E-state index in [1.165, 1.54) is 61.7 Å². The summed E-state index contributed by atoms with van der Waals surface area (Å²) >= 11 is -2.74. The standard InChI is InChI=1S/C11H12N3O2.3C4H9.Sn/c1-11(2,3)16-10(15)14-5-4-8-6-12-7-13-9(8)14;3*1-3-4-2;/h5-7H,1-3H3;3*1,3-4H2,2H3;. The van der Waals surface area contributed by atoms with Crippen LogP contribution >= 0.6 is 0 Å². The fourth-order valence-electron chi connectivity index (χ4n) is 4.16. The van der Waals surface area contributed by atoms with Crippen LogP contribution in [0.25, 0.3) is 11.0 Å². The monoisotopic (exact) mass is 509 g/mol. The number of aromatic nitrogens is 3. The minimum atomic E-state index is -2.74. The molecule has 0 bridgehead atoms. The minimum absolute atomic E-state index is 0.339. The van der Waals surface area contributed by atoms with Crippen LogP contribution in [0.1, 0.15) is 80.1 Å². The molecule has 5 nitrogen and oxygen atoms in total. The summed E-state index contributed by atoms with van der Waals surface area (Å²) in [7, 11) is 0. The van der Waals surface area contributed by atoms with Gasteiger partial charge in [-0.1, -0.05) is 0 Å². The van der Waals surface area contributed by atoms with Crippen molar-refractivity contribution >= 4 is 39.1 Å². The molecule has 0 N–H and O–H groups in total. The SMILES string of the molecule is CCC[CH2][Sn]([CH2]CCC)([CH2]CCC)[c]1cn(C(=O)OC(C)(C)C)c2ncncc12. The van der Waals surface area contributed by atoms with Crippen molar-refractivity contribution in [1.82, 2.24) is 14.5 Å². The quantitative estimate of drug-likeness (QED) is 0.355. The third-order valence-electron chi connectivity index (χ3n) is 5.66. The summed E-state index contributed by atoms with van der Waals surface area (Å²) < 4.78 is 12.8. The van der Waals surface area contributed by atoms with E-state index in [1.54, 1.807) is 4.57 Å². The molecule has 0 aliphatic heterocycles. The summed E-state index contributed by atoms with van der Waals surface area (Å²) in [6.07, 6.45) is 12.7. The first kappa shape index (κ1) is 24.2. The average molecular weight is 508 g/mol. The number of nitrogens with zero attached hydrogens (tertiary/aromatic N) is 3. The first-order chi connectivity index (χ1) is 13.8. The van der Waals surface area contributed by atoms with Gasteiger partial charge in [0.05, 0.1) is 0 Å². The van der Waals surface area contributed by atoms with Gasteiger partial charge >= 0.3 is 181 Å². The second-order valence-electron chi connectivity index (χ2n) is 9.24. The molecule has 0 aliphatic carbocycles. The number of carbonyl (C=O) groups is 1. The Morgan fingerprint density at radius 2 is 1.59 bits per heavy atom. The fourth-order valence-corrected chi connectivity index (χ4v) is 20.7. The number of hydrogen-bond acceptors (Lipinski definition) is 4. The van der Waals surface area contributed by atoms with Crippen molar-refractivity contribution in [2.45, 2.75) is 99.0 Å². The van der Waals surface area contributed by atoms with Crippen molar-refractivity contribution in [3.05, 3.63) is 18.7 Å². The Morgan fingerprint density at radius 3 is 2.07 bits per heavy atom. The molecule has 162 valence electrons. The normalized spacial score (nSPS) is 12.5. The zero-order valence-corrected chi connectivity index (χ0v) is 22.1. The molecule has 0 aromatic carbocycles. The van der Waals surface area contributed by atoms with Gasteiger partial charge in [0.2, 0.25) is 0 Å². The molecule has 0 fully saturated rings. The molecule has 0 saturated heterocycles. The van der Waals surface area contributed by atoms with Crippen molar-refractivity contribution < 1.29 is 9.53 Å². The molecule has 2 aromatic heterocycles. The molecule has 0 amide bonds. The van der Waals surface area contributed by atoms with Crippen molar-refractivity contribution in [2.75, 3.05) is 0 Å². The van der Waals surface area contributed by atoms with Gasteiger partial charge in [-0.3, -0.25) is 0 Å². The Labute approximate surface area is 180 Å². The molecule has 0 radical (unpaired) electrons. The Morgan fingerprint density at radius 1 is 1.03 bits per heavy atom. The summed E-state index contributed by atoms with van der Waals surface area (Å²) in [5, 5.41) is 1.08. The molecule has 29 heavy (non-hydrogen) atoms. The predicted molar refractivity (Wildman–Crippen MR) is 124 cm³/mol. The molecular weight excluding hydrogens is 469 g/mol. The number of fused-ring (bicyclic) bond motifs is 1. The third-order valence-corrected chi connectivity index (χ3v) is 21.3. The maximum atomic E-state index is 13.0. The second kappa shape index (κ2) is 10.8. The molecule has 2 aromatic rings. The van der Waals surface area contributed by atoms with E-state index in [4.69, 9.17) is 4.74 Å². The van der Waals surface area contributed by atoms with Crippen LogP contribution in [0, 0.1) is 0 Å². The van der Waals surface area contributed by atoms with Gasteiger partial charge in [-0.05, 0) is 0 Å². The van der Waals surface area contributed by atoms with Gasteiger partial charge in [0.15, 0.2) is 0 Å². The van der Waals surface area contributed by atoms with Crippen LogP contribution in [0.4, 0.5) is 4.79 Å². The second-order valence-corrected chi connectivity index (χ2v) is 22.4. The van der Waals surface area contributed by atoms with Crippen molar-refractivity contribution in [2.24, 2.45) is 0 Å². The Balaban J connectivity index is 2.62. The molecule has 0 spiro atoms. The molecule has 0 unspecified atom stereocenters. The van der Waals surface area contributed by atoms with Gasteiger partial charge in [-0.2, -0.15) is 0 Å². The van der Waals surface area contributed by atoms with E-state index in [0.29, 0.717) is 5.65 Å². The van der Waals surface area contributed by atoms with E-state index < -0.39 is 24.0 Å². The van der Waals surface area contributed by atoms with Gasteiger partial charge in [0, 0.05) is 0 Å². The summed E-state index contributed by atoms with van der Waals surface area (Å²) in [6.45, 7) is 12.6. The number of unbranched alkanes of at least 4 members (excludes halogenated alkanes) is 3. The molecule has 2 heterocycles. The molecular formula is C23H39N3O2Sn. The molecule has 0 aliphatic rings. The fraction of sp³-hybridized carbons (Fsp3) is 0.696. The third kappa shape index (κ3) is 6.19. The molecule has 2 rings (SSSR count). The summed E-state index contributed by atoms with van der Waals surface area (Å²) in [6, 6.07) is 0. The van der Waals surface area contributed by atoms with Crippen molar-refractivity contribution in [1.29, 1.82) is 0 Å². The van der Waals surface area contributed by atoms with Crippen LogP contribution in [0.2, 0.25) is 13.3 Å². The Bertz CT molecular complexity index is 773. The molecule has 0 atom stereocenters. The zero-order valence-electron chi connectivity index (χ0n) is 19.3. The summed E-state index contributed by atoms with van der Waals surface area (Å²) in [4.78, 5) is 21.8. The van der Waals surface area contributed by atoms with Gasteiger partial charge in [-0.15, -0.1) is 0 Å². The topological polar surface area (TPSA) is 57.0 Å². The first-order valence-corrected chi connectivity index (χ1v) is 18.8. The number of carbonyl (C=O) groups excluding carboxylic acids is 1. The van der Waals surface area contributed by atoms with Gasteiger partial charge in [0.25, 0.3) is 0 Å². The van der Waals surface area contributed by atoms with E-state index in [2.05, 4.69) is 36.9 Å². The van der Waals surface area contributed by atoms with E-state index in [1.807, 2.05) is 27.0 Å². The van der Waals surface area contributed by atoms with Crippen molar-refractivity contribution in [3.8, 4) is 0 Å². The number of rotatable bonds is 10. The number of ether oxygens (including phenoxy) is 1. The Kier molecular flexibility index (Phi) is 8.98. The summed E-state index contributed by atoms with van der Waals surface area (Å²) in [5.41, 5.74) is 0.170. The molecule has 0 saturated carbocycles. The van der Waals surface area contributed by atoms with E-state index in [-0.39, 0.29) is 6.09 Å². The van der Waals surface area contributed by atoms with Gasteiger partial charge < -0.3 is 0 Å². The van der Waals surface area contributed by atoms with E-state index >= 15 is 0 Å². The van der Waals surface area contributed by atoms with E-state index in [9.17, 15) is 4.79 Å². The van der Waals surface area contributed by atoms with Crippen LogP contribution in [0.15, 0.2) is 18.7 Å². The maximum absolute atomic E-state index is 13.0. The number of hydrogen-bond donors (Lipinski definition) is 0. The van der Waals surface area contributed by atoms with Crippen LogP contribution in [0.3, 0.4) is 0 Å². The summed E-state index contributed by atoms with van der Waals surface area (Å²) in [5.74, 6) is 0. The Hall–Kier alpha value is -1.11. The van der Waals surface area contributed by atoms with E-state index in [0.717, 1.165) is 5.39 Å². The zero-order chi connectivity index (χ0) is 21.5. The van der Waals surface area contributed by atoms with Crippen LogP contribution in [-0.4, -0.2) is 44.6 Å². The van der Waals surface area contributed by atoms with Gasteiger partial charge in [-0.25, -0.2) is 0 Å². The van der Waals surface area contributed by atoms with Crippen LogP contribution in [-0.2, 0) is 4.74 Å². The van der Waals surface area contributed by atoms with Crippen LogP contribution in [0.5, 0.6) is 0 Å². The average Bonchev–Trinajstić information content (AvgIpc) is 3.07. The van der Waals surface area contributed by atoms with Crippen molar-refractivity contribution in [3.63, 3.8) is 0 Å². The first-order valence-electron chi connectivity index (χ1n) is 11.3.